The summed E-state index contributed by atoms with van der Waals surface area (Å²) in [6, 6.07) is 11.4. The largest absolute Gasteiger partial charge is 0.445 e. The summed E-state index contributed by atoms with van der Waals surface area (Å²) in [6.45, 7) is 1.76. The first-order valence-electron chi connectivity index (χ1n) is 6.18. The minimum atomic E-state index is -0.178. The van der Waals surface area contributed by atoms with Crippen molar-refractivity contribution in [3.8, 4) is 22.8 Å². The van der Waals surface area contributed by atoms with Gasteiger partial charge in [0, 0.05) is 17.2 Å². The molecule has 3 aromatic rings. The van der Waals surface area contributed by atoms with Gasteiger partial charge in [-0.25, -0.2) is 4.98 Å². The number of nitrogens with one attached hydrogen (secondary N) is 1. The number of hydrogen-bond acceptors (Lipinski definition) is 3. The highest BCUT2D eigenvalue weighted by atomic mass is 79.9. The normalized spacial score (nSPS) is 10.8. The van der Waals surface area contributed by atoms with Crippen molar-refractivity contribution in [1.82, 2.24) is 9.97 Å². The molecule has 2 aromatic heterocycles. The quantitative estimate of drug-likeness (QED) is 0.676. The zero-order chi connectivity index (χ0) is 15.0. The number of halogens is 2. The van der Waals surface area contributed by atoms with Crippen LogP contribution in [-0.2, 0) is 0 Å². The number of H-pyrrole nitrogens is 1. The van der Waals surface area contributed by atoms with E-state index < -0.39 is 0 Å². The average Bonchev–Trinajstić information content (AvgIpc) is 2.82. The van der Waals surface area contributed by atoms with E-state index in [0.717, 1.165) is 10.0 Å². The lowest BCUT2D eigenvalue weighted by Crippen LogP contribution is -2.14. The Morgan fingerprint density at radius 3 is 2.52 bits per heavy atom. The third-order valence-electron chi connectivity index (χ3n) is 3.08. The molecule has 2 heterocycles. The fourth-order valence-corrected chi connectivity index (χ4v) is 2.57. The summed E-state index contributed by atoms with van der Waals surface area (Å²) in [5.74, 6) is 0.888. The number of benzene rings is 1. The number of aromatic amines is 1. The third-order valence-corrected chi connectivity index (χ3v) is 4.79. The molecule has 106 valence electrons. The SMILES string of the molecule is Cc1c(-c2ccccc2)nc(-c2cc(Br)c(Br)o2)[nH]c1=O. The van der Waals surface area contributed by atoms with Crippen LogP contribution in [0.4, 0.5) is 0 Å². The van der Waals surface area contributed by atoms with Gasteiger partial charge < -0.3 is 9.40 Å². The van der Waals surface area contributed by atoms with E-state index in [1.807, 2.05) is 30.3 Å². The summed E-state index contributed by atoms with van der Waals surface area (Å²) in [4.78, 5) is 19.4. The molecule has 0 amide bonds. The maximum absolute atomic E-state index is 12.1. The Balaban J connectivity index is 2.21. The van der Waals surface area contributed by atoms with Gasteiger partial charge in [0.25, 0.3) is 5.56 Å². The second-order valence-corrected chi connectivity index (χ2v) is 6.06. The summed E-state index contributed by atoms with van der Waals surface area (Å²) < 4.78 is 6.85. The molecule has 0 aliphatic heterocycles. The lowest BCUT2D eigenvalue weighted by atomic mass is 10.1. The van der Waals surface area contributed by atoms with Gasteiger partial charge in [-0.05, 0) is 38.8 Å². The van der Waals surface area contributed by atoms with Crippen molar-refractivity contribution >= 4 is 31.9 Å². The Kier molecular flexibility index (Phi) is 3.82. The van der Waals surface area contributed by atoms with E-state index in [0.29, 0.717) is 27.5 Å². The van der Waals surface area contributed by atoms with Crippen LogP contribution < -0.4 is 5.56 Å². The van der Waals surface area contributed by atoms with Crippen molar-refractivity contribution in [3.63, 3.8) is 0 Å². The molecule has 6 heteroatoms. The fourth-order valence-electron chi connectivity index (χ4n) is 1.99. The number of hydrogen-bond donors (Lipinski definition) is 1. The molecule has 0 unspecified atom stereocenters. The second-order valence-electron chi connectivity index (χ2n) is 4.49. The Morgan fingerprint density at radius 2 is 1.90 bits per heavy atom. The van der Waals surface area contributed by atoms with Crippen LogP contribution in [0.5, 0.6) is 0 Å². The molecule has 0 atom stereocenters. The molecule has 0 spiro atoms. The number of rotatable bonds is 2. The van der Waals surface area contributed by atoms with E-state index in [1.165, 1.54) is 0 Å². The minimum Gasteiger partial charge on any atom is -0.445 e. The molecule has 1 N–H and O–H groups in total. The molecule has 0 saturated carbocycles. The molecule has 3 rings (SSSR count). The molecule has 21 heavy (non-hydrogen) atoms. The molecule has 0 saturated heterocycles. The van der Waals surface area contributed by atoms with Crippen LogP contribution in [0.25, 0.3) is 22.8 Å². The average molecular weight is 410 g/mol. The van der Waals surface area contributed by atoms with Crippen molar-refractivity contribution in [3.05, 3.63) is 61.5 Å². The molecular weight excluding hydrogens is 400 g/mol. The van der Waals surface area contributed by atoms with Crippen LogP contribution in [0, 0.1) is 6.92 Å². The Bertz CT molecular complexity index is 834. The highest BCUT2D eigenvalue weighted by Gasteiger charge is 2.15. The summed E-state index contributed by atoms with van der Waals surface area (Å²) in [7, 11) is 0. The number of aromatic nitrogens is 2. The number of nitrogens with zero attached hydrogens (tertiary/aromatic N) is 1. The van der Waals surface area contributed by atoms with Gasteiger partial charge in [-0.15, -0.1) is 0 Å². The molecule has 1 aromatic carbocycles. The van der Waals surface area contributed by atoms with Gasteiger partial charge in [0.15, 0.2) is 16.3 Å². The van der Waals surface area contributed by atoms with E-state index in [-0.39, 0.29) is 5.56 Å². The van der Waals surface area contributed by atoms with E-state index in [9.17, 15) is 4.79 Å². The number of furan rings is 1. The van der Waals surface area contributed by atoms with Crippen molar-refractivity contribution in [2.45, 2.75) is 6.92 Å². The van der Waals surface area contributed by atoms with Crippen molar-refractivity contribution < 1.29 is 4.42 Å². The van der Waals surface area contributed by atoms with Crippen molar-refractivity contribution in [1.29, 1.82) is 0 Å². The first-order valence-corrected chi connectivity index (χ1v) is 7.76. The second kappa shape index (κ2) is 5.61. The van der Waals surface area contributed by atoms with Gasteiger partial charge in [-0.3, -0.25) is 4.79 Å². The standard InChI is InChI=1S/C15H10Br2N2O2/c1-8-12(9-5-3-2-4-6-9)18-14(19-15(8)20)11-7-10(16)13(17)21-11/h2-7H,1H3,(H,18,19,20). The molecule has 0 radical (unpaired) electrons. The van der Waals surface area contributed by atoms with Crippen LogP contribution in [-0.4, -0.2) is 9.97 Å². The Labute approximate surface area is 137 Å². The maximum Gasteiger partial charge on any atom is 0.254 e. The third kappa shape index (κ3) is 2.73. The smallest absolute Gasteiger partial charge is 0.254 e. The molecular formula is C15H10Br2N2O2. The summed E-state index contributed by atoms with van der Waals surface area (Å²) >= 11 is 6.63. The van der Waals surface area contributed by atoms with E-state index in [2.05, 4.69) is 41.8 Å². The zero-order valence-electron chi connectivity index (χ0n) is 11.0. The lowest BCUT2D eigenvalue weighted by molar-refractivity contribution is 0.549. The minimum absolute atomic E-state index is 0.178. The van der Waals surface area contributed by atoms with Gasteiger partial charge in [-0.2, -0.15) is 0 Å². The molecule has 4 nitrogen and oxygen atoms in total. The molecule has 0 aliphatic rings. The summed E-state index contributed by atoms with van der Waals surface area (Å²) in [5, 5.41) is 0. The van der Waals surface area contributed by atoms with Crippen LogP contribution in [0.1, 0.15) is 5.56 Å². The molecule has 0 bridgehead atoms. The predicted molar refractivity (Wildman–Crippen MR) is 88.1 cm³/mol. The van der Waals surface area contributed by atoms with E-state index >= 15 is 0 Å². The molecule has 0 aliphatic carbocycles. The van der Waals surface area contributed by atoms with Crippen LogP contribution in [0.2, 0.25) is 0 Å². The maximum atomic E-state index is 12.1. The fraction of sp³-hybridized carbons (Fsp3) is 0.0667. The van der Waals surface area contributed by atoms with Crippen molar-refractivity contribution in [2.24, 2.45) is 0 Å². The van der Waals surface area contributed by atoms with Crippen molar-refractivity contribution in [2.75, 3.05) is 0 Å². The van der Waals surface area contributed by atoms with E-state index in [1.54, 1.807) is 13.0 Å². The van der Waals surface area contributed by atoms with Crippen LogP contribution >= 0.6 is 31.9 Å². The van der Waals surface area contributed by atoms with Gasteiger partial charge in [0.1, 0.15) is 0 Å². The summed E-state index contributed by atoms with van der Waals surface area (Å²) in [5.41, 5.74) is 1.95. The van der Waals surface area contributed by atoms with Crippen LogP contribution in [0.15, 0.2) is 54.8 Å². The highest BCUT2D eigenvalue weighted by Crippen LogP contribution is 2.31. The topological polar surface area (TPSA) is 58.9 Å². The first-order chi connectivity index (χ1) is 10.1. The van der Waals surface area contributed by atoms with E-state index in [4.69, 9.17) is 4.42 Å². The van der Waals surface area contributed by atoms with Crippen LogP contribution in [0.3, 0.4) is 0 Å². The zero-order valence-corrected chi connectivity index (χ0v) is 14.2. The Morgan fingerprint density at radius 1 is 1.19 bits per heavy atom. The summed E-state index contributed by atoms with van der Waals surface area (Å²) in [6.07, 6.45) is 0. The first kappa shape index (κ1) is 14.3. The van der Waals surface area contributed by atoms with Gasteiger partial charge >= 0.3 is 0 Å². The monoisotopic (exact) mass is 408 g/mol. The molecule has 0 fully saturated rings. The Hall–Kier alpha value is -1.66. The van der Waals surface area contributed by atoms with Gasteiger partial charge in [0.2, 0.25) is 0 Å². The highest BCUT2D eigenvalue weighted by molar-refractivity contribution is 9.13. The lowest BCUT2D eigenvalue weighted by Gasteiger charge is -2.06. The van der Waals surface area contributed by atoms with Gasteiger partial charge in [0.05, 0.1) is 10.2 Å². The predicted octanol–water partition coefficient (Wildman–Crippen LogP) is 4.53. The van der Waals surface area contributed by atoms with Gasteiger partial charge in [-0.1, -0.05) is 30.3 Å².